The predicted molar refractivity (Wildman–Crippen MR) is 93.0 cm³/mol. The van der Waals surface area contributed by atoms with Crippen molar-refractivity contribution in [3.05, 3.63) is 29.3 Å². The normalized spacial score (nSPS) is 18.2. The van der Waals surface area contributed by atoms with E-state index in [4.69, 9.17) is 16.3 Å². The van der Waals surface area contributed by atoms with E-state index < -0.39 is 15.1 Å². The zero-order chi connectivity index (χ0) is 17.7. The van der Waals surface area contributed by atoms with Crippen molar-refractivity contribution in [3.8, 4) is 0 Å². The molecule has 0 unspecified atom stereocenters. The van der Waals surface area contributed by atoms with Gasteiger partial charge in [0.05, 0.1) is 17.8 Å². The van der Waals surface area contributed by atoms with E-state index in [1.165, 1.54) is 48.0 Å². The molecule has 6 nitrogen and oxygen atoms in total. The van der Waals surface area contributed by atoms with Crippen molar-refractivity contribution >= 4 is 45.1 Å². The van der Waals surface area contributed by atoms with Gasteiger partial charge in [-0.1, -0.05) is 11.6 Å². The number of benzene rings is 1. The number of carbonyl (C=O) groups excluding carboxylic acids is 2. The number of amides is 1. The zero-order valence-electron chi connectivity index (χ0n) is 13.1. The van der Waals surface area contributed by atoms with Gasteiger partial charge in [0.25, 0.3) is 0 Å². The molecule has 0 spiro atoms. The van der Waals surface area contributed by atoms with Crippen molar-refractivity contribution < 1.29 is 22.7 Å². The highest BCUT2D eigenvalue weighted by molar-refractivity contribution is 8.00. The fraction of sp³-hybridized carbons (Fsp3) is 0.467. The minimum Gasteiger partial charge on any atom is -0.468 e. The summed E-state index contributed by atoms with van der Waals surface area (Å²) in [7, 11) is -2.24. The fourth-order valence-electron chi connectivity index (χ4n) is 2.29. The van der Waals surface area contributed by atoms with Crippen molar-refractivity contribution in [1.82, 2.24) is 4.90 Å². The van der Waals surface area contributed by atoms with Crippen LogP contribution >= 0.6 is 23.4 Å². The second-order valence-corrected chi connectivity index (χ2v) is 9.10. The Bertz CT molecular complexity index is 705. The average molecular weight is 392 g/mol. The molecule has 1 heterocycles. The molecular weight excluding hydrogens is 374 g/mol. The number of carbonyl (C=O) groups is 2. The molecule has 1 aliphatic heterocycles. The first-order valence-corrected chi connectivity index (χ1v) is 10.4. The molecule has 0 N–H and O–H groups in total. The second kappa shape index (κ2) is 8.22. The van der Waals surface area contributed by atoms with Gasteiger partial charge >= 0.3 is 5.97 Å². The van der Waals surface area contributed by atoms with E-state index in [1.54, 1.807) is 0 Å². The number of thioether (sulfide) groups is 1. The summed E-state index contributed by atoms with van der Waals surface area (Å²) in [6.45, 7) is 0.745. The molecule has 1 aromatic carbocycles. The lowest BCUT2D eigenvalue weighted by molar-refractivity contribution is -0.141. The Labute approximate surface area is 150 Å². The van der Waals surface area contributed by atoms with Crippen LogP contribution in [-0.4, -0.2) is 62.1 Å². The van der Waals surface area contributed by atoms with Gasteiger partial charge < -0.3 is 9.64 Å². The molecule has 0 bridgehead atoms. The molecule has 132 valence electrons. The summed E-state index contributed by atoms with van der Waals surface area (Å²) in [5.41, 5.74) is 0. The smallest absolute Gasteiger partial charge is 0.320 e. The van der Waals surface area contributed by atoms with Crippen molar-refractivity contribution in [3.63, 3.8) is 0 Å². The summed E-state index contributed by atoms with van der Waals surface area (Å²) < 4.78 is 29.2. The van der Waals surface area contributed by atoms with E-state index >= 15 is 0 Å². The van der Waals surface area contributed by atoms with Crippen LogP contribution < -0.4 is 0 Å². The number of nitrogens with zero attached hydrogens (tertiary/aromatic N) is 1. The van der Waals surface area contributed by atoms with E-state index in [0.29, 0.717) is 17.3 Å². The van der Waals surface area contributed by atoms with Gasteiger partial charge in [0.15, 0.2) is 9.84 Å². The summed E-state index contributed by atoms with van der Waals surface area (Å²) in [6, 6.07) is 5.85. The summed E-state index contributed by atoms with van der Waals surface area (Å²) in [5.74, 6) is -0.303. The Hall–Kier alpha value is -1.25. The maximum Gasteiger partial charge on any atom is 0.320 e. The number of hydrogen-bond acceptors (Lipinski definition) is 6. The van der Waals surface area contributed by atoms with Crippen LogP contribution in [0.1, 0.15) is 6.42 Å². The minimum atomic E-state index is -3.55. The summed E-state index contributed by atoms with van der Waals surface area (Å²) in [6.07, 6.45) is -0.122. The van der Waals surface area contributed by atoms with Crippen LogP contribution in [0.25, 0.3) is 0 Å². The van der Waals surface area contributed by atoms with Gasteiger partial charge in [0, 0.05) is 30.3 Å². The molecule has 1 saturated heterocycles. The lowest BCUT2D eigenvalue weighted by Crippen LogP contribution is -2.45. The van der Waals surface area contributed by atoms with Gasteiger partial charge in [-0.3, -0.25) is 9.59 Å². The van der Waals surface area contributed by atoms with Gasteiger partial charge in [-0.2, -0.15) is 0 Å². The summed E-state index contributed by atoms with van der Waals surface area (Å²) >= 11 is 7.19. The lowest BCUT2D eigenvalue weighted by Gasteiger charge is -2.31. The van der Waals surface area contributed by atoms with Gasteiger partial charge in [-0.05, 0) is 24.3 Å². The molecule has 1 amide bonds. The molecule has 0 saturated carbocycles. The van der Waals surface area contributed by atoms with Crippen LogP contribution in [0.4, 0.5) is 0 Å². The van der Waals surface area contributed by atoms with Crippen molar-refractivity contribution in [2.75, 3.05) is 31.7 Å². The molecule has 0 aliphatic carbocycles. The van der Waals surface area contributed by atoms with Crippen molar-refractivity contribution in [1.29, 1.82) is 0 Å². The maximum atomic E-state index is 12.3. The molecule has 1 aromatic rings. The quantitative estimate of drug-likeness (QED) is 0.709. The second-order valence-electron chi connectivity index (χ2n) is 5.25. The van der Waals surface area contributed by atoms with Crippen LogP contribution in [0.15, 0.2) is 29.2 Å². The SMILES string of the molecule is COC(=O)[C@H]1CN(C(=O)CCS(=O)(=O)c2ccc(Cl)cc2)CCS1. The largest absolute Gasteiger partial charge is 0.468 e. The van der Waals surface area contributed by atoms with Crippen LogP contribution in [0, 0.1) is 0 Å². The maximum absolute atomic E-state index is 12.3. The van der Waals surface area contributed by atoms with Crippen LogP contribution in [0.2, 0.25) is 5.02 Å². The van der Waals surface area contributed by atoms with Crippen molar-refractivity contribution in [2.24, 2.45) is 0 Å². The number of halogens is 1. The Kier molecular flexibility index (Phi) is 6.54. The monoisotopic (exact) mass is 391 g/mol. The van der Waals surface area contributed by atoms with Crippen LogP contribution in [-0.2, 0) is 24.2 Å². The highest BCUT2D eigenvalue weighted by Gasteiger charge is 2.30. The first-order chi connectivity index (χ1) is 11.3. The molecule has 2 rings (SSSR count). The van der Waals surface area contributed by atoms with E-state index in [0.717, 1.165) is 0 Å². The summed E-state index contributed by atoms with van der Waals surface area (Å²) in [5, 5.41) is 0.0327. The van der Waals surface area contributed by atoms with Gasteiger partial charge in [0.1, 0.15) is 5.25 Å². The van der Waals surface area contributed by atoms with E-state index in [1.807, 2.05) is 0 Å². The molecule has 1 fully saturated rings. The number of esters is 1. The highest BCUT2D eigenvalue weighted by Crippen LogP contribution is 2.21. The molecule has 1 aliphatic rings. The number of hydrogen-bond donors (Lipinski definition) is 0. The van der Waals surface area contributed by atoms with Crippen LogP contribution in [0.3, 0.4) is 0 Å². The number of rotatable bonds is 5. The number of methoxy groups -OCH3 is 1. The third-order valence-corrected chi connectivity index (χ3v) is 6.79. The van der Waals surface area contributed by atoms with Gasteiger partial charge in [-0.25, -0.2) is 8.42 Å². The molecular formula is C15H18ClNO5S2. The van der Waals surface area contributed by atoms with E-state index in [-0.39, 0.29) is 35.5 Å². The summed E-state index contributed by atoms with van der Waals surface area (Å²) in [4.78, 5) is 25.5. The first-order valence-electron chi connectivity index (χ1n) is 7.29. The van der Waals surface area contributed by atoms with Gasteiger partial charge in [-0.15, -0.1) is 11.8 Å². The standard InChI is InChI=1S/C15H18ClNO5S2/c1-22-15(19)13-10-17(7-8-23-13)14(18)6-9-24(20,21)12-4-2-11(16)3-5-12/h2-5,13H,6-10H2,1H3/t13-/m1/s1. The van der Waals surface area contributed by atoms with E-state index in [2.05, 4.69) is 0 Å². The van der Waals surface area contributed by atoms with Crippen LogP contribution in [0.5, 0.6) is 0 Å². The van der Waals surface area contributed by atoms with E-state index in [9.17, 15) is 18.0 Å². The Morgan fingerprint density at radius 1 is 1.33 bits per heavy atom. The lowest BCUT2D eigenvalue weighted by atomic mass is 10.3. The molecule has 0 radical (unpaired) electrons. The zero-order valence-corrected chi connectivity index (χ0v) is 15.5. The average Bonchev–Trinajstić information content (AvgIpc) is 2.59. The van der Waals surface area contributed by atoms with Gasteiger partial charge in [0.2, 0.25) is 5.91 Å². The topological polar surface area (TPSA) is 80.8 Å². The predicted octanol–water partition coefficient (Wildman–Crippen LogP) is 1.62. The molecule has 9 heteroatoms. The fourth-order valence-corrected chi connectivity index (χ4v) is 4.77. The number of sulfone groups is 1. The first kappa shape index (κ1) is 19.1. The Morgan fingerprint density at radius 3 is 2.62 bits per heavy atom. The molecule has 0 aromatic heterocycles. The third-order valence-electron chi connectivity index (χ3n) is 3.64. The number of ether oxygens (including phenoxy) is 1. The van der Waals surface area contributed by atoms with Crippen molar-refractivity contribution in [2.45, 2.75) is 16.6 Å². The minimum absolute atomic E-state index is 0.122. The molecule has 24 heavy (non-hydrogen) atoms. The Morgan fingerprint density at radius 2 is 2.00 bits per heavy atom. The third kappa shape index (κ3) is 4.87. The molecule has 1 atom stereocenters. The Balaban J connectivity index is 1.94. The highest BCUT2D eigenvalue weighted by atomic mass is 35.5.